The summed E-state index contributed by atoms with van der Waals surface area (Å²) in [7, 11) is 6.46. The first kappa shape index (κ1) is 20.8. The third kappa shape index (κ3) is 4.10. The van der Waals surface area contributed by atoms with Crippen molar-refractivity contribution in [3.8, 4) is 23.0 Å². The summed E-state index contributed by atoms with van der Waals surface area (Å²) in [6.07, 6.45) is 0.594. The largest absolute Gasteiger partial charge is 0.493 e. The molecule has 0 saturated carbocycles. The molecule has 0 radical (unpaired) electrons. The molecule has 0 spiro atoms. The molecule has 2 N–H and O–H groups in total. The molecule has 0 amide bonds. The van der Waals surface area contributed by atoms with Crippen molar-refractivity contribution < 1.29 is 24.2 Å². The smallest absolute Gasteiger partial charge is 0.161 e. The molecule has 1 saturated heterocycles. The summed E-state index contributed by atoms with van der Waals surface area (Å²) >= 11 is 0. The zero-order valence-electron chi connectivity index (χ0n) is 17.4. The average molecular weight is 400 g/mol. The lowest BCUT2D eigenvalue weighted by Crippen LogP contribution is -2.41. The molecule has 3 atom stereocenters. The van der Waals surface area contributed by atoms with E-state index in [-0.39, 0.29) is 18.0 Å². The van der Waals surface area contributed by atoms with Gasteiger partial charge < -0.3 is 29.5 Å². The summed E-state index contributed by atoms with van der Waals surface area (Å²) in [5.41, 5.74) is 2.80. The van der Waals surface area contributed by atoms with Gasteiger partial charge in [0.1, 0.15) is 0 Å². The maximum absolute atomic E-state index is 9.63. The van der Waals surface area contributed by atoms with E-state index in [0.29, 0.717) is 29.4 Å². The van der Waals surface area contributed by atoms with Crippen molar-refractivity contribution in [2.45, 2.75) is 25.4 Å². The van der Waals surface area contributed by atoms with Gasteiger partial charge in [0.15, 0.2) is 23.0 Å². The third-order valence-electron chi connectivity index (χ3n) is 5.52. The Hall–Kier alpha value is -2.93. The number of rotatable bonds is 6. The number of hydrogen-bond donors (Lipinski definition) is 2. The number of methoxy groups -OCH3 is 4. The number of nitrogens with zero attached hydrogens (tertiary/aromatic N) is 1. The molecule has 156 valence electrons. The fraction of sp³-hybridized carbons (Fsp3) is 0.409. The molecular formula is C22H28N2O5. The fourth-order valence-electron chi connectivity index (χ4n) is 3.85. The van der Waals surface area contributed by atoms with Gasteiger partial charge in [0.25, 0.3) is 0 Å². The monoisotopic (exact) mass is 400 g/mol. The van der Waals surface area contributed by atoms with E-state index < -0.39 is 0 Å². The zero-order valence-corrected chi connectivity index (χ0v) is 17.4. The maximum atomic E-state index is 9.63. The van der Waals surface area contributed by atoms with Gasteiger partial charge >= 0.3 is 0 Å². The lowest BCUT2D eigenvalue weighted by molar-refractivity contribution is 0.293. The number of piperidine rings is 1. The molecule has 0 aliphatic carbocycles. The van der Waals surface area contributed by atoms with Gasteiger partial charge in [0.2, 0.25) is 0 Å². The molecule has 2 aromatic carbocycles. The summed E-state index contributed by atoms with van der Waals surface area (Å²) in [5, 5.41) is 16.9. The second-order valence-corrected chi connectivity index (χ2v) is 7.01. The number of oxime groups is 1. The molecule has 7 nitrogen and oxygen atoms in total. The Morgan fingerprint density at radius 3 is 1.86 bits per heavy atom. The van der Waals surface area contributed by atoms with Crippen molar-refractivity contribution in [1.82, 2.24) is 5.32 Å². The molecule has 29 heavy (non-hydrogen) atoms. The SMILES string of the molecule is COc1ccc([C@@H]2C/C(=N\O)[C@@H](C)[C@@H](c3ccc(OC)c(OC)c3)N2)cc1OC. The Kier molecular flexibility index (Phi) is 6.49. The third-order valence-corrected chi connectivity index (χ3v) is 5.52. The highest BCUT2D eigenvalue weighted by molar-refractivity contribution is 5.88. The van der Waals surface area contributed by atoms with Crippen molar-refractivity contribution in [2.75, 3.05) is 28.4 Å². The number of ether oxygens (including phenoxy) is 4. The van der Waals surface area contributed by atoms with E-state index in [1.54, 1.807) is 28.4 Å². The van der Waals surface area contributed by atoms with Crippen LogP contribution >= 0.6 is 0 Å². The van der Waals surface area contributed by atoms with Crippen LogP contribution < -0.4 is 24.3 Å². The van der Waals surface area contributed by atoms with E-state index in [2.05, 4.69) is 10.5 Å². The summed E-state index contributed by atoms with van der Waals surface area (Å²) in [5.74, 6) is 2.68. The highest BCUT2D eigenvalue weighted by atomic mass is 16.5. The van der Waals surface area contributed by atoms with Gasteiger partial charge in [-0.05, 0) is 35.4 Å². The second-order valence-electron chi connectivity index (χ2n) is 7.01. The standard InChI is InChI=1S/C22H28N2O5/c1-13-16(24-25)12-17(14-6-8-18(26-2)20(10-14)28-4)23-22(13)15-7-9-19(27-3)21(11-15)29-5/h6-11,13,17,22-23,25H,12H2,1-5H3/b24-16+/t13-,17+,22+/m1/s1. The molecule has 7 heteroatoms. The van der Waals surface area contributed by atoms with Gasteiger partial charge in [-0.3, -0.25) is 0 Å². The van der Waals surface area contributed by atoms with E-state index in [0.717, 1.165) is 16.8 Å². The van der Waals surface area contributed by atoms with Crippen LogP contribution in [-0.4, -0.2) is 39.4 Å². The van der Waals surface area contributed by atoms with Gasteiger partial charge in [-0.15, -0.1) is 0 Å². The number of nitrogens with one attached hydrogen (secondary N) is 1. The predicted octanol–water partition coefficient (Wildman–Crippen LogP) is 3.96. The van der Waals surface area contributed by atoms with E-state index in [4.69, 9.17) is 18.9 Å². The molecule has 1 fully saturated rings. The highest BCUT2D eigenvalue weighted by Crippen LogP contribution is 2.40. The minimum Gasteiger partial charge on any atom is -0.493 e. The molecule has 2 aromatic rings. The van der Waals surface area contributed by atoms with Gasteiger partial charge in [-0.1, -0.05) is 24.2 Å². The molecule has 0 unspecified atom stereocenters. The van der Waals surface area contributed by atoms with Gasteiger partial charge in [0, 0.05) is 24.4 Å². The summed E-state index contributed by atoms with van der Waals surface area (Å²) < 4.78 is 21.6. The Labute approximate surface area is 171 Å². The molecule has 1 aliphatic heterocycles. The molecule has 0 aromatic heterocycles. The summed E-state index contributed by atoms with van der Waals surface area (Å²) in [4.78, 5) is 0. The fourth-order valence-corrected chi connectivity index (χ4v) is 3.85. The number of hydrogen-bond acceptors (Lipinski definition) is 7. The lowest BCUT2D eigenvalue weighted by atomic mass is 9.81. The number of benzene rings is 2. The van der Waals surface area contributed by atoms with Crippen LogP contribution in [0.2, 0.25) is 0 Å². The summed E-state index contributed by atoms with van der Waals surface area (Å²) in [6, 6.07) is 11.6. The van der Waals surface area contributed by atoms with Crippen molar-refractivity contribution in [3.63, 3.8) is 0 Å². The first-order valence-electron chi connectivity index (χ1n) is 9.47. The van der Waals surface area contributed by atoms with Crippen LogP contribution in [0.25, 0.3) is 0 Å². The van der Waals surface area contributed by atoms with Crippen LogP contribution in [0.4, 0.5) is 0 Å². The Bertz CT molecular complexity index is 884. The first-order valence-corrected chi connectivity index (χ1v) is 9.47. The second kappa shape index (κ2) is 9.05. The Morgan fingerprint density at radius 2 is 1.34 bits per heavy atom. The maximum Gasteiger partial charge on any atom is 0.161 e. The topological polar surface area (TPSA) is 81.5 Å². The van der Waals surface area contributed by atoms with Crippen LogP contribution in [0.15, 0.2) is 41.6 Å². The summed E-state index contributed by atoms with van der Waals surface area (Å²) in [6.45, 7) is 2.05. The lowest BCUT2D eigenvalue weighted by Gasteiger charge is -2.37. The van der Waals surface area contributed by atoms with Crippen molar-refractivity contribution in [1.29, 1.82) is 0 Å². The van der Waals surface area contributed by atoms with Crippen molar-refractivity contribution >= 4 is 5.71 Å². The first-order chi connectivity index (χ1) is 14.1. The minimum atomic E-state index is -0.0625. The van der Waals surface area contributed by atoms with E-state index in [1.165, 1.54) is 0 Å². The van der Waals surface area contributed by atoms with E-state index in [1.807, 2.05) is 43.3 Å². The van der Waals surface area contributed by atoms with Gasteiger partial charge in [0.05, 0.1) is 34.2 Å². The van der Waals surface area contributed by atoms with Crippen LogP contribution in [0, 0.1) is 5.92 Å². The van der Waals surface area contributed by atoms with Gasteiger partial charge in [-0.25, -0.2) is 0 Å². The van der Waals surface area contributed by atoms with Crippen LogP contribution in [0.5, 0.6) is 23.0 Å². The van der Waals surface area contributed by atoms with Crippen molar-refractivity contribution in [2.24, 2.45) is 11.1 Å². The normalized spacial score (nSPS) is 22.9. The highest BCUT2D eigenvalue weighted by Gasteiger charge is 2.34. The van der Waals surface area contributed by atoms with E-state index >= 15 is 0 Å². The molecule has 3 rings (SSSR count). The molecule has 1 heterocycles. The molecule has 0 bridgehead atoms. The van der Waals surface area contributed by atoms with Crippen LogP contribution in [0.1, 0.15) is 36.6 Å². The average Bonchev–Trinajstić information content (AvgIpc) is 2.78. The molecule has 1 aliphatic rings. The van der Waals surface area contributed by atoms with Gasteiger partial charge in [-0.2, -0.15) is 0 Å². The van der Waals surface area contributed by atoms with E-state index in [9.17, 15) is 5.21 Å². The minimum absolute atomic E-state index is 0.00879. The zero-order chi connectivity index (χ0) is 21.0. The van der Waals surface area contributed by atoms with Crippen LogP contribution in [0.3, 0.4) is 0 Å². The Balaban J connectivity index is 1.97. The Morgan fingerprint density at radius 1 is 0.828 bits per heavy atom. The molecular weight excluding hydrogens is 372 g/mol. The predicted molar refractivity (Wildman–Crippen MR) is 111 cm³/mol. The van der Waals surface area contributed by atoms with Crippen molar-refractivity contribution in [3.05, 3.63) is 47.5 Å². The van der Waals surface area contributed by atoms with Crippen LogP contribution in [-0.2, 0) is 0 Å². The quantitative estimate of drug-likeness (QED) is 0.564.